The van der Waals surface area contributed by atoms with Crippen LogP contribution in [0, 0.1) is 11.8 Å². The fraction of sp³-hybridized carbons (Fsp3) is 0.833. The largest absolute Gasteiger partial charge is 0.466 e. The van der Waals surface area contributed by atoms with Crippen molar-refractivity contribution in [3.05, 3.63) is 0 Å². The van der Waals surface area contributed by atoms with Crippen molar-refractivity contribution >= 4 is 11.9 Å². The Labute approximate surface area is 101 Å². The van der Waals surface area contributed by atoms with Crippen LogP contribution in [-0.4, -0.2) is 36.4 Å². The molecule has 1 fully saturated rings. The van der Waals surface area contributed by atoms with Gasteiger partial charge in [0, 0.05) is 0 Å². The minimum absolute atomic E-state index is 0.315. The summed E-state index contributed by atoms with van der Waals surface area (Å²) in [5, 5.41) is 9.67. The van der Waals surface area contributed by atoms with Crippen molar-refractivity contribution in [2.45, 2.75) is 39.2 Å². The fourth-order valence-corrected chi connectivity index (χ4v) is 2.19. The van der Waals surface area contributed by atoms with Gasteiger partial charge in [-0.25, -0.2) is 0 Å². The minimum Gasteiger partial charge on any atom is -0.466 e. The summed E-state index contributed by atoms with van der Waals surface area (Å²) in [4.78, 5) is 23.2. The number of hydrogen-bond donors (Lipinski definition) is 1. The van der Waals surface area contributed by atoms with Gasteiger partial charge in [0.2, 0.25) is 0 Å². The van der Waals surface area contributed by atoms with Crippen LogP contribution < -0.4 is 0 Å². The van der Waals surface area contributed by atoms with Gasteiger partial charge in [-0.15, -0.1) is 0 Å². The number of hydrogen-bond acceptors (Lipinski definition) is 5. The van der Waals surface area contributed by atoms with E-state index in [9.17, 15) is 14.7 Å². The van der Waals surface area contributed by atoms with Gasteiger partial charge >= 0.3 is 11.9 Å². The maximum absolute atomic E-state index is 11.6. The van der Waals surface area contributed by atoms with Crippen LogP contribution in [0.4, 0.5) is 0 Å². The third kappa shape index (κ3) is 4.00. The number of aliphatic hydroxyl groups is 1. The summed E-state index contributed by atoms with van der Waals surface area (Å²) in [6.07, 6.45) is 0.519. The molecule has 0 aromatic heterocycles. The topological polar surface area (TPSA) is 72.8 Å². The fourth-order valence-electron chi connectivity index (χ4n) is 2.19. The molecule has 98 valence electrons. The highest BCUT2D eigenvalue weighted by Crippen LogP contribution is 2.31. The first-order chi connectivity index (χ1) is 8.08. The van der Waals surface area contributed by atoms with E-state index in [4.69, 9.17) is 9.47 Å². The zero-order valence-electron chi connectivity index (χ0n) is 10.3. The molecule has 1 N–H and O–H groups in total. The second kappa shape index (κ2) is 6.59. The van der Waals surface area contributed by atoms with Crippen molar-refractivity contribution in [2.24, 2.45) is 11.8 Å². The van der Waals surface area contributed by atoms with E-state index in [0.717, 1.165) is 0 Å². The van der Waals surface area contributed by atoms with Crippen LogP contribution >= 0.6 is 0 Å². The molecule has 1 rings (SSSR count). The highest BCUT2D eigenvalue weighted by atomic mass is 16.5. The van der Waals surface area contributed by atoms with Gasteiger partial charge < -0.3 is 14.6 Å². The van der Waals surface area contributed by atoms with E-state index >= 15 is 0 Å². The lowest BCUT2D eigenvalue weighted by Crippen LogP contribution is -2.36. The zero-order valence-corrected chi connectivity index (χ0v) is 10.3. The molecular weight excluding hydrogens is 224 g/mol. The molecule has 2 unspecified atom stereocenters. The van der Waals surface area contributed by atoms with Gasteiger partial charge in [-0.2, -0.15) is 0 Å². The molecule has 0 spiro atoms. The molecule has 0 aromatic rings. The maximum atomic E-state index is 11.6. The van der Waals surface area contributed by atoms with Gasteiger partial charge in [0.1, 0.15) is 0 Å². The summed E-state index contributed by atoms with van der Waals surface area (Å²) >= 11 is 0. The van der Waals surface area contributed by atoms with Crippen LogP contribution in [0.3, 0.4) is 0 Å². The molecule has 0 heterocycles. The predicted molar refractivity (Wildman–Crippen MR) is 60.1 cm³/mol. The highest BCUT2D eigenvalue weighted by Gasteiger charge is 2.36. The predicted octanol–water partition coefficient (Wildman–Crippen LogP) is 0.890. The lowest BCUT2D eigenvalue weighted by Gasteiger charge is -2.29. The third-order valence-corrected chi connectivity index (χ3v) is 2.92. The molecule has 1 saturated carbocycles. The molecule has 5 nitrogen and oxygen atoms in total. The summed E-state index contributed by atoms with van der Waals surface area (Å²) < 4.78 is 9.83. The maximum Gasteiger partial charge on any atom is 0.309 e. The number of esters is 2. The molecule has 0 aromatic carbocycles. The first-order valence-corrected chi connectivity index (χ1v) is 6.09. The Morgan fingerprint density at radius 2 is 1.41 bits per heavy atom. The second-order valence-corrected chi connectivity index (χ2v) is 4.26. The van der Waals surface area contributed by atoms with E-state index in [2.05, 4.69) is 0 Å². The Bertz CT molecular complexity index is 250. The van der Waals surface area contributed by atoms with Gasteiger partial charge in [-0.05, 0) is 33.1 Å². The van der Waals surface area contributed by atoms with Crippen molar-refractivity contribution in [3.8, 4) is 0 Å². The summed E-state index contributed by atoms with van der Waals surface area (Å²) in [6, 6.07) is 0. The number of rotatable bonds is 4. The van der Waals surface area contributed by atoms with E-state index < -0.39 is 17.9 Å². The summed E-state index contributed by atoms with van der Waals surface area (Å²) in [5.41, 5.74) is 0. The molecule has 1 aliphatic rings. The van der Waals surface area contributed by atoms with Crippen molar-refractivity contribution in [2.75, 3.05) is 13.2 Å². The third-order valence-electron chi connectivity index (χ3n) is 2.92. The Balaban J connectivity index is 2.58. The lowest BCUT2D eigenvalue weighted by atomic mass is 9.80. The van der Waals surface area contributed by atoms with Crippen LogP contribution in [0.15, 0.2) is 0 Å². The zero-order chi connectivity index (χ0) is 12.8. The molecule has 17 heavy (non-hydrogen) atoms. The smallest absolute Gasteiger partial charge is 0.309 e. The first kappa shape index (κ1) is 14.0. The Morgan fingerprint density at radius 3 is 1.76 bits per heavy atom. The molecule has 0 aliphatic heterocycles. The van der Waals surface area contributed by atoms with Gasteiger partial charge in [0.15, 0.2) is 0 Å². The van der Waals surface area contributed by atoms with Gasteiger partial charge in [-0.1, -0.05) is 0 Å². The summed E-state index contributed by atoms with van der Waals surface area (Å²) in [7, 11) is 0. The van der Waals surface area contributed by atoms with Crippen molar-refractivity contribution < 1.29 is 24.2 Å². The number of aliphatic hydroxyl groups excluding tert-OH is 1. The van der Waals surface area contributed by atoms with Crippen molar-refractivity contribution in [1.82, 2.24) is 0 Å². The summed E-state index contributed by atoms with van der Waals surface area (Å²) in [5.74, 6) is -1.46. The summed E-state index contributed by atoms with van der Waals surface area (Å²) in [6.45, 7) is 4.10. The van der Waals surface area contributed by atoms with Gasteiger partial charge in [-0.3, -0.25) is 9.59 Å². The van der Waals surface area contributed by atoms with Crippen LogP contribution in [0.1, 0.15) is 33.1 Å². The van der Waals surface area contributed by atoms with Gasteiger partial charge in [0.25, 0.3) is 0 Å². The van der Waals surface area contributed by atoms with E-state index in [-0.39, 0.29) is 11.9 Å². The van der Waals surface area contributed by atoms with E-state index in [1.165, 1.54) is 0 Å². The number of ether oxygens (including phenoxy) is 2. The van der Waals surface area contributed by atoms with Crippen LogP contribution in [-0.2, 0) is 19.1 Å². The van der Waals surface area contributed by atoms with Crippen molar-refractivity contribution in [1.29, 1.82) is 0 Å². The molecule has 2 atom stereocenters. The van der Waals surface area contributed by atoms with Crippen LogP contribution in [0.25, 0.3) is 0 Å². The number of carbonyl (C=O) groups excluding carboxylic acids is 2. The van der Waals surface area contributed by atoms with E-state index in [1.807, 2.05) is 0 Å². The molecule has 1 aliphatic carbocycles. The number of carbonyl (C=O) groups is 2. The Morgan fingerprint density at radius 1 is 1.00 bits per heavy atom. The highest BCUT2D eigenvalue weighted by molar-refractivity contribution is 5.76. The normalized spacial score (nSPS) is 28.5. The second-order valence-electron chi connectivity index (χ2n) is 4.26. The standard InChI is InChI=1S/C12H20O5/c1-3-16-11(14)8-5-9(7-10(13)6-8)12(15)17-4-2/h8-10,13H,3-7H2,1-2H3. The molecular formula is C12H20O5. The van der Waals surface area contributed by atoms with E-state index in [1.54, 1.807) is 13.8 Å². The molecule has 5 heteroatoms. The van der Waals surface area contributed by atoms with Crippen LogP contribution in [0.5, 0.6) is 0 Å². The molecule has 0 amide bonds. The molecule has 0 bridgehead atoms. The van der Waals surface area contributed by atoms with E-state index in [0.29, 0.717) is 32.5 Å². The van der Waals surface area contributed by atoms with Crippen molar-refractivity contribution in [3.63, 3.8) is 0 Å². The quantitative estimate of drug-likeness (QED) is 0.743. The Kier molecular flexibility index (Phi) is 5.41. The first-order valence-electron chi connectivity index (χ1n) is 6.09. The Hall–Kier alpha value is -1.10. The average Bonchev–Trinajstić information content (AvgIpc) is 2.29. The monoisotopic (exact) mass is 244 g/mol. The molecule has 0 saturated heterocycles. The SMILES string of the molecule is CCOC(=O)C1CC(O)CC(C(=O)OCC)C1. The minimum atomic E-state index is -0.632. The molecule has 0 radical (unpaired) electrons. The lowest BCUT2D eigenvalue weighted by molar-refractivity contribution is -0.157. The average molecular weight is 244 g/mol. The van der Waals surface area contributed by atoms with Crippen LogP contribution in [0.2, 0.25) is 0 Å². The van der Waals surface area contributed by atoms with Gasteiger partial charge in [0.05, 0.1) is 31.2 Å².